The number of imidazole rings is 1. The highest BCUT2D eigenvalue weighted by molar-refractivity contribution is 9.10. The third kappa shape index (κ3) is 2.62. The first-order chi connectivity index (χ1) is 9.70. The van der Waals surface area contributed by atoms with E-state index in [1.165, 1.54) is 37.6 Å². The number of hydrogen-bond donors (Lipinski definition) is 0. The van der Waals surface area contributed by atoms with Crippen molar-refractivity contribution in [1.82, 2.24) is 9.55 Å². The molecule has 1 aromatic carbocycles. The Labute approximate surface area is 133 Å². The van der Waals surface area contributed by atoms with Crippen molar-refractivity contribution < 1.29 is 0 Å². The average molecular weight is 356 g/mol. The van der Waals surface area contributed by atoms with Crippen molar-refractivity contribution in [2.75, 3.05) is 0 Å². The summed E-state index contributed by atoms with van der Waals surface area (Å²) in [4.78, 5) is 4.73. The summed E-state index contributed by atoms with van der Waals surface area (Å²) in [5.41, 5.74) is 2.27. The van der Waals surface area contributed by atoms with Crippen LogP contribution in [0.4, 0.5) is 0 Å². The van der Waals surface area contributed by atoms with Gasteiger partial charge in [0.05, 0.1) is 16.9 Å². The molecule has 0 spiro atoms. The summed E-state index contributed by atoms with van der Waals surface area (Å²) in [5, 5.41) is 0. The Morgan fingerprint density at radius 2 is 2.10 bits per heavy atom. The van der Waals surface area contributed by atoms with Crippen LogP contribution in [0.5, 0.6) is 0 Å². The maximum atomic E-state index is 6.16. The normalized spacial score (nSPS) is 23.9. The number of rotatable bonds is 2. The SMILES string of the molecule is CC1CCCCCC1n1c(CCl)nc2cc(Br)ccc21. The molecule has 20 heavy (non-hydrogen) atoms. The van der Waals surface area contributed by atoms with Gasteiger partial charge in [0, 0.05) is 10.5 Å². The second-order valence-corrected chi connectivity index (χ2v) is 7.03. The van der Waals surface area contributed by atoms with Gasteiger partial charge in [0.15, 0.2) is 0 Å². The van der Waals surface area contributed by atoms with Crippen molar-refractivity contribution in [3.8, 4) is 0 Å². The fourth-order valence-electron chi connectivity index (χ4n) is 3.44. The van der Waals surface area contributed by atoms with E-state index in [-0.39, 0.29) is 0 Å². The van der Waals surface area contributed by atoms with Gasteiger partial charge in [-0.25, -0.2) is 4.98 Å². The Morgan fingerprint density at radius 1 is 1.30 bits per heavy atom. The highest BCUT2D eigenvalue weighted by Gasteiger charge is 2.25. The first kappa shape index (κ1) is 14.4. The minimum Gasteiger partial charge on any atom is -0.324 e. The summed E-state index contributed by atoms with van der Waals surface area (Å²) in [6, 6.07) is 6.89. The Bertz CT molecular complexity index is 608. The first-order valence-electron chi connectivity index (χ1n) is 7.43. The maximum Gasteiger partial charge on any atom is 0.125 e. The maximum absolute atomic E-state index is 6.16. The molecule has 3 rings (SSSR count). The number of benzene rings is 1. The van der Waals surface area contributed by atoms with E-state index in [0.717, 1.165) is 15.8 Å². The Kier molecular flexibility index (Phi) is 4.37. The number of halogens is 2. The molecular weight excluding hydrogens is 336 g/mol. The van der Waals surface area contributed by atoms with Gasteiger partial charge < -0.3 is 4.57 Å². The molecule has 0 bridgehead atoms. The van der Waals surface area contributed by atoms with Crippen LogP contribution in [0.2, 0.25) is 0 Å². The summed E-state index contributed by atoms with van der Waals surface area (Å²) < 4.78 is 3.48. The van der Waals surface area contributed by atoms with Gasteiger partial charge in [0.2, 0.25) is 0 Å². The topological polar surface area (TPSA) is 17.8 Å². The van der Waals surface area contributed by atoms with Crippen LogP contribution in [0.15, 0.2) is 22.7 Å². The van der Waals surface area contributed by atoms with Gasteiger partial charge in [-0.1, -0.05) is 42.1 Å². The molecule has 0 N–H and O–H groups in total. The summed E-state index contributed by atoms with van der Waals surface area (Å²) >= 11 is 9.68. The van der Waals surface area contributed by atoms with Gasteiger partial charge in [-0.2, -0.15) is 0 Å². The van der Waals surface area contributed by atoms with E-state index in [9.17, 15) is 0 Å². The summed E-state index contributed by atoms with van der Waals surface area (Å²) in [6.45, 7) is 2.37. The standard InChI is InChI=1S/C16H20BrClN2/c1-11-5-3-2-4-6-14(11)20-15-8-7-12(17)9-13(15)19-16(20)10-18/h7-9,11,14H,2-6,10H2,1H3. The smallest absolute Gasteiger partial charge is 0.125 e. The molecule has 0 saturated heterocycles. The zero-order valence-corrected chi connectivity index (χ0v) is 14.1. The van der Waals surface area contributed by atoms with E-state index >= 15 is 0 Å². The fourth-order valence-corrected chi connectivity index (χ4v) is 3.98. The Balaban J connectivity index is 2.12. The van der Waals surface area contributed by atoms with Crippen molar-refractivity contribution in [3.63, 3.8) is 0 Å². The monoisotopic (exact) mass is 354 g/mol. The first-order valence-corrected chi connectivity index (χ1v) is 8.76. The van der Waals surface area contributed by atoms with E-state index in [1.54, 1.807) is 0 Å². The lowest BCUT2D eigenvalue weighted by molar-refractivity contribution is 0.335. The second-order valence-electron chi connectivity index (χ2n) is 5.85. The third-order valence-corrected chi connectivity index (χ3v) is 5.22. The number of fused-ring (bicyclic) bond motifs is 1. The number of aromatic nitrogens is 2. The second kappa shape index (κ2) is 6.07. The van der Waals surface area contributed by atoms with Crippen molar-refractivity contribution >= 4 is 38.6 Å². The lowest BCUT2D eigenvalue weighted by Gasteiger charge is -2.25. The van der Waals surface area contributed by atoms with E-state index < -0.39 is 0 Å². The van der Waals surface area contributed by atoms with Crippen LogP contribution < -0.4 is 0 Å². The molecule has 1 aliphatic rings. The number of nitrogens with zero attached hydrogens (tertiary/aromatic N) is 2. The molecule has 1 heterocycles. The fraction of sp³-hybridized carbons (Fsp3) is 0.562. The zero-order chi connectivity index (χ0) is 14.1. The Morgan fingerprint density at radius 3 is 2.90 bits per heavy atom. The minimum absolute atomic E-state index is 0.482. The highest BCUT2D eigenvalue weighted by atomic mass is 79.9. The molecule has 0 amide bonds. The van der Waals surface area contributed by atoms with Gasteiger partial charge in [-0.05, 0) is 37.0 Å². The molecule has 2 atom stereocenters. The average Bonchev–Trinajstić information content (AvgIpc) is 2.66. The predicted octanol–water partition coefficient (Wildman–Crippen LogP) is 5.68. The lowest BCUT2D eigenvalue weighted by Crippen LogP contribution is -2.18. The van der Waals surface area contributed by atoms with Crippen LogP contribution in [-0.2, 0) is 5.88 Å². The van der Waals surface area contributed by atoms with Crippen LogP contribution in [0.1, 0.15) is 50.9 Å². The molecule has 0 aliphatic heterocycles. The van der Waals surface area contributed by atoms with Crippen LogP contribution in [0.3, 0.4) is 0 Å². The van der Waals surface area contributed by atoms with Gasteiger partial charge >= 0.3 is 0 Å². The van der Waals surface area contributed by atoms with Gasteiger partial charge in [0.1, 0.15) is 5.82 Å². The van der Waals surface area contributed by atoms with E-state index in [2.05, 4.69) is 45.6 Å². The number of alkyl halides is 1. The predicted molar refractivity (Wildman–Crippen MR) is 88.3 cm³/mol. The molecule has 2 unspecified atom stereocenters. The summed E-state index contributed by atoms with van der Waals surface area (Å²) in [5.74, 6) is 2.19. The largest absolute Gasteiger partial charge is 0.324 e. The van der Waals surface area contributed by atoms with Gasteiger partial charge in [-0.3, -0.25) is 0 Å². The molecule has 4 heteroatoms. The quantitative estimate of drug-likeness (QED) is 0.500. The molecular formula is C16H20BrClN2. The molecule has 2 nitrogen and oxygen atoms in total. The molecule has 2 aromatic rings. The lowest BCUT2D eigenvalue weighted by atomic mass is 9.96. The van der Waals surface area contributed by atoms with Crippen LogP contribution >= 0.6 is 27.5 Å². The summed E-state index contributed by atoms with van der Waals surface area (Å²) in [7, 11) is 0. The molecule has 1 fully saturated rings. The van der Waals surface area contributed by atoms with Crippen molar-refractivity contribution in [2.24, 2.45) is 5.92 Å². The highest BCUT2D eigenvalue weighted by Crippen LogP contribution is 2.36. The van der Waals surface area contributed by atoms with Gasteiger partial charge in [0.25, 0.3) is 0 Å². The van der Waals surface area contributed by atoms with Crippen LogP contribution in [-0.4, -0.2) is 9.55 Å². The molecule has 1 aromatic heterocycles. The van der Waals surface area contributed by atoms with E-state index in [1.807, 2.05) is 0 Å². The molecule has 1 saturated carbocycles. The molecule has 108 valence electrons. The summed E-state index contributed by atoms with van der Waals surface area (Å²) in [6.07, 6.45) is 6.57. The van der Waals surface area contributed by atoms with E-state index in [0.29, 0.717) is 17.8 Å². The van der Waals surface area contributed by atoms with Crippen molar-refractivity contribution in [1.29, 1.82) is 0 Å². The zero-order valence-electron chi connectivity index (χ0n) is 11.8. The minimum atomic E-state index is 0.482. The number of hydrogen-bond acceptors (Lipinski definition) is 1. The van der Waals surface area contributed by atoms with Crippen LogP contribution in [0, 0.1) is 5.92 Å². The molecule has 1 aliphatic carbocycles. The van der Waals surface area contributed by atoms with Crippen molar-refractivity contribution in [2.45, 2.75) is 50.9 Å². The van der Waals surface area contributed by atoms with Crippen molar-refractivity contribution in [3.05, 3.63) is 28.5 Å². The van der Waals surface area contributed by atoms with Gasteiger partial charge in [-0.15, -0.1) is 11.6 Å². The Hall–Kier alpha value is -0.540. The third-order valence-electron chi connectivity index (χ3n) is 4.49. The van der Waals surface area contributed by atoms with Crippen LogP contribution in [0.25, 0.3) is 11.0 Å². The van der Waals surface area contributed by atoms with E-state index in [4.69, 9.17) is 16.6 Å². The molecule has 0 radical (unpaired) electrons.